The minimum absolute atomic E-state index is 0.0262. The van der Waals surface area contributed by atoms with E-state index in [1.165, 1.54) is 0 Å². The fraction of sp³-hybridized carbons (Fsp3) is 0.417. The molecule has 0 aliphatic carbocycles. The van der Waals surface area contributed by atoms with Gasteiger partial charge in [-0.2, -0.15) is 0 Å². The van der Waals surface area contributed by atoms with Gasteiger partial charge in [-0.25, -0.2) is 8.42 Å². The number of nitrogens with one attached hydrogen (secondary N) is 2. The van der Waals surface area contributed by atoms with Crippen LogP contribution in [0.2, 0.25) is 0 Å². The molecule has 0 bridgehead atoms. The van der Waals surface area contributed by atoms with E-state index < -0.39 is 16.1 Å². The van der Waals surface area contributed by atoms with E-state index in [1.807, 2.05) is 51.1 Å². The average Bonchev–Trinajstić information content (AvgIpc) is 2.71. The SMILES string of the molecule is CC(C)CC(=O)N1Cc2ccccc2CC1C(=O)NC(C)c1cccc(NS(C)(=O)=O)c1. The summed E-state index contributed by atoms with van der Waals surface area (Å²) in [6, 6.07) is 13.9. The molecule has 0 fully saturated rings. The molecule has 2 N–H and O–H groups in total. The normalized spacial score (nSPS) is 16.9. The van der Waals surface area contributed by atoms with Crippen LogP contribution >= 0.6 is 0 Å². The molecule has 172 valence electrons. The lowest BCUT2D eigenvalue weighted by Crippen LogP contribution is -2.53. The standard InChI is InChI=1S/C24H31N3O4S/c1-16(2)12-23(28)27-15-20-9-6-5-8-19(20)14-22(27)24(29)25-17(3)18-10-7-11-21(13-18)26-32(4,30)31/h5-11,13,16-17,22,26H,12,14-15H2,1-4H3,(H,25,29). The molecule has 32 heavy (non-hydrogen) atoms. The Bertz CT molecular complexity index is 1100. The van der Waals surface area contributed by atoms with Gasteiger partial charge in [0.2, 0.25) is 21.8 Å². The maximum Gasteiger partial charge on any atom is 0.243 e. The third-order valence-corrected chi connectivity index (χ3v) is 6.11. The van der Waals surface area contributed by atoms with Crippen molar-refractivity contribution in [3.8, 4) is 0 Å². The van der Waals surface area contributed by atoms with Crippen LogP contribution in [0, 0.1) is 5.92 Å². The quantitative estimate of drug-likeness (QED) is 0.667. The van der Waals surface area contributed by atoms with Crippen molar-refractivity contribution in [1.29, 1.82) is 0 Å². The molecule has 0 saturated carbocycles. The van der Waals surface area contributed by atoms with Gasteiger partial charge >= 0.3 is 0 Å². The Labute approximate surface area is 190 Å². The van der Waals surface area contributed by atoms with Crippen molar-refractivity contribution in [3.05, 3.63) is 65.2 Å². The van der Waals surface area contributed by atoms with E-state index in [0.717, 1.165) is 22.9 Å². The van der Waals surface area contributed by atoms with Crippen LogP contribution in [-0.4, -0.2) is 37.4 Å². The molecule has 7 nitrogen and oxygen atoms in total. The zero-order valence-electron chi connectivity index (χ0n) is 19.0. The molecular weight excluding hydrogens is 426 g/mol. The van der Waals surface area contributed by atoms with Crippen LogP contribution in [0.1, 0.15) is 49.9 Å². The molecule has 0 saturated heterocycles. The molecule has 0 aromatic heterocycles. The minimum atomic E-state index is -3.40. The largest absolute Gasteiger partial charge is 0.348 e. The van der Waals surface area contributed by atoms with Gasteiger partial charge in [0.05, 0.1) is 12.3 Å². The van der Waals surface area contributed by atoms with Crippen molar-refractivity contribution in [1.82, 2.24) is 10.2 Å². The lowest BCUT2D eigenvalue weighted by Gasteiger charge is -2.37. The Hall–Kier alpha value is -2.87. The van der Waals surface area contributed by atoms with Crippen LogP contribution in [-0.2, 0) is 32.6 Å². The first-order valence-electron chi connectivity index (χ1n) is 10.8. The van der Waals surface area contributed by atoms with Gasteiger partial charge in [0, 0.05) is 25.1 Å². The number of benzene rings is 2. The first-order valence-corrected chi connectivity index (χ1v) is 12.7. The number of hydrogen-bond acceptors (Lipinski definition) is 4. The Balaban J connectivity index is 1.79. The van der Waals surface area contributed by atoms with Crippen LogP contribution in [0.25, 0.3) is 0 Å². The number of hydrogen-bond donors (Lipinski definition) is 2. The summed E-state index contributed by atoms with van der Waals surface area (Å²) in [5.41, 5.74) is 3.35. The molecule has 8 heteroatoms. The van der Waals surface area contributed by atoms with Crippen LogP contribution in [0.15, 0.2) is 48.5 Å². The first kappa shape index (κ1) is 23.8. The summed E-state index contributed by atoms with van der Waals surface area (Å²) in [5, 5.41) is 3.01. The van der Waals surface area contributed by atoms with Gasteiger partial charge in [-0.05, 0) is 41.7 Å². The summed E-state index contributed by atoms with van der Waals surface area (Å²) in [5.74, 6) is -0.0420. The maximum atomic E-state index is 13.3. The second-order valence-corrected chi connectivity index (χ2v) is 10.6. The molecule has 2 atom stereocenters. The summed E-state index contributed by atoms with van der Waals surface area (Å²) < 4.78 is 25.5. The minimum Gasteiger partial charge on any atom is -0.348 e. The molecule has 3 rings (SSSR count). The molecule has 1 aliphatic rings. The van der Waals surface area contributed by atoms with E-state index in [0.29, 0.717) is 25.1 Å². The van der Waals surface area contributed by atoms with Crippen molar-refractivity contribution >= 4 is 27.5 Å². The zero-order valence-corrected chi connectivity index (χ0v) is 19.8. The van der Waals surface area contributed by atoms with Crippen LogP contribution in [0.4, 0.5) is 5.69 Å². The van der Waals surface area contributed by atoms with Crippen LogP contribution < -0.4 is 10.0 Å². The van der Waals surface area contributed by atoms with Crippen molar-refractivity contribution in [2.75, 3.05) is 11.0 Å². The lowest BCUT2D eigenvalue weighted by molar-refractivity contribution is -0.142. The third kappa shape index (κ3) is 6.09. The van der Waals surface area contributed by atoms with E-state index in [1.54, 1.807) is 23.1 Å². The van der Waals surface area contributed by atoms with Gasteiger partial charge in [-0.15, -0.1) is 0 Å². The van der Waals surface area contributed by atoms with Gasteiger partial charge in [-0.1, -0.05) is 50.2 Å². The smallest absolute Gasteiger partial charge is 0.243 e. The second kappa shape index (κ2) is 9.73. The fourth-order valence-corrected chi connectivity index (χ4v) is 4.52. The Morgan fingerprint density at radius 1 is 1.06 bits per heavy atom. The Morgan fingerprint density at radius 3 is 2.41 bits per heavy atom. The first-order chi connectivity index (χ1) is 15.0. The molecule has 1 heterocycles. The van der Waals surface area contributed by atoms with Crippen LogP contribution in [0.5, 0.6) is 0 Å². The monoisotopic (exact) mass is 457 g/mol. The topological polar surface area (TPSA) is 95.6 Å². The van der Waals surface area contributed by atoms with E-state index in [2.05, 4.69) is 10.0 Å². The number of carbonyl (C=O) groups is 2. The van der Waals surface area contributed by atoms with E-state index in [-0.39, 0.29) is 23.8 Å². The number of fused-ring (bicyclic) bond motifs is 1. The second-order valence-electron chi connectivity index (χ2n) is 8.84. The lowest BCUT2D eigenvalue weighted by atomic mass is 9.92. The fourth-order valence-electron chi connectivity index (χ4n) is 3.96. The molecule has 1 aliphatic heterocycles. The molecule has 2 aromatic rings. The van der Waals surface area contributed by atoms with Crippen molar-refractivity contribution in [2.24, 2.45) is 5.92 Å². The highest BCUT2D eigenvalue weighted by Crippen LogP contribution is 2.26. The van der Waals surface area contributed by atoms with E-state index in [9.17, 15) is 18.0 Å². The highest BCUT2D eigenvalue weighted by molar-refractivity contribution is 7.92. The Kier molecular flexibility index (Phi) is 7.23. The van der Waals surface area contributed by atoms with Crippen LogP contribution in [0.3, 0.4) is 0 Å². The molecule has 0 spiro atoms. The highest BCUT2D eigenvalue weighted by atomic mass is 32.2. The zero-order chi connectivity index (χ0) is 23.5. The predicted octanol–water partition coefficient (Wildman–Crippen LogP) is 3.23. The van der Waals surface area contributed by atoms with Crippen molar-refractivity contribution in [2.45, 2.75) is 52.2 Å². The number of rotatable bonds is 7. The number of anilines is 1. The van der Waals surface area contributed by atoms with Crippen molar-refractivity contribution in [3.63, 3.8) is 0 Å². The third-order valence-electron chi connectivity index (χ3n) is 5.50. The van der Waals surface area contributed by atoms with E-state index >= 15 is 0 Å². The summed E-state index contributed by atoms with van der Waals surface area (Å²) in [6.45, 7) is 6.24. The van der Waals surface area contributed by atoms with Gasteiger partial charge < -0.3 is 10.2 Å². The van der Waals surface area contributed by atoms with Gasteiger partial charge in [0.1, 0.15) is 6.04 Å². The average molecular weight is 458 g/mol. The highest BCUT2D eigenvalue weighted by Gasteiger charge is 2.35. The molecular formula is C24H31N3O4S. The number of sulfonamides is 1. The number of nitrogens with zero attached hydrogens (tertiary/aromatic N) is 1. The van der Waals surface area contributed by atoms with E-state index in [4.69, 9.17) is 0 Å². The van der Waals surface area contributed by atoms with Gasteiger partial charge in [0.25, 0.3) is 0 Å². The van der Waals surface area contributed by atoms with Gasteiger partial charge in [0.15, 0.2) is 0 Å². The molecule has 0 radical (unpaired) electrons. The number of carbonyl (C=O) groups excluding carboxylic acids is 2. The molecule has 2 unspecified atom stereocenters. The summed E-state index contributed by atoms with van der Waals surface area (Å²) >= 11 is 0. The summed E-state index contributed by atoms with van der Waals surface area (Å²) in [4.78, 5) is 27.9. The predicted molar refractivity (Wildman–Crippen MR) is 125 cm³/mol. The summed E-state index contributed by atoms with van der Waals surface area (Å²) in [7, 11) is -3.40. The summed E-state index contributed by atoms with van der Waals surface area (Å²) in [6.07, 6.45) is 1.95. The van der Waals surface area contributed by atoms with Gasteiger partial charge in [-0.3, -0.25) is 14.3 Å². The number of amides is 2. The van der Waals surface area contributed by atoms with Crippen molar-refractivity contribution < 1.29 is 18.0 Å². The molecule has 2 aromatic carbocycles. The molecule has 2 amide bonds. The maximum absolute atomic E-state index is 13.3. The Morgan fingerprint density at radius 2 is 1.75 bits per heavy atom.